The van der Waals surface area contributed by atoms with Crippen molar-refractivity contribution in [2.75, 3.05) is 20.8 Å². The summed E-state index contributed by atoms with van der Waals surface area (Å²) in [5.41, 5.74) is 3.42. The van der Waals surface area contributed by atoms with Crippen LogP contribution in [0, 0.1) is 0 Å². The summed E-state index contributed by atoms with van der Waals surface area (Å²) in [4.78, 5) is 32.9. The molecule has 0 N–H and O–H groups in total. The van der Waals surface area contributed by atoms with E-state index in [1.165, 1.54) is 0 Å². The molecule has 0 unspecified atom stereocenters. The number of aromatic nitrogens is 2. The van der Waals surface area contributed by atoms with E-state index < -0.39 is 0 Å². The van der Waals surface area contributed by atoms with Crippen molar-refractivity contribution in [1.82, 2.24) is 14.5 Å². The normalized spacial score (nSPS) is 12.7. The van der Waals surface area contributed by atoms with Gasteiger partial charge in [-0.3, -0.25) is 14.2 Å². The average Bonchev–Trinajstić information content (AvgIpc) is 3.22. The van der Waals surface area contributed by atoms with Gasteiger partial charge in [-0.15, -0.1) is 0 Å². The fourth-order valence-electron chi connectivity index (χ4n) is 4.64. The molecule has 7 nitrogen and oxygen atoms in total. The monoisotopic (exact) mass is 469 g/mol. The van der Waals surface area contributed by atoms with Crippen molar-refractivity contribution in [3.8, 4) is 11.5 Å². The van der Waals surface area contributed by atoms with E-state index in [2.05, 4.69) is 0 Å². The molecule has 0 saturated heterocycles. The van der Waals surface area contributed by atoms with Crippen molar-refractivity contribution in [2.24, 2.45) is 0 Å². The second-order valence-electron chi connectivity index (χ2n) is 8.58. The first kappa shape index (κ1) is 22.7. The van der Waals surface area contributed by atoms with Crippen molar-refractivity contribution >= 4 is 16.8 Å². The minimum atomic E-state index is -0.0675. The maximum atomic E-state index is 13.4. The molecular formula is C28H27N3O4. The number of aryl methyl sites for hydroxylation is 1. The summed E-state index contributed by atoms with van der Waals surface area (Å²) in [7, 11) is 3.21. The Kier molecular flexibility index (Phi) is 6.23. The molecule has 1 amide bonds. The molecule has 0 bridgehead atoms. The molecule has 0 spiro atoms. The van der Waals surface area contributed by atoms with Crippen LogP contribution in [-0.4, -0.2) is 41.1 Å². The van der Waals surface area contributed by atoms with Crippen molar-refractivity contribution in [1.29, 1.82) is 0 Å². The van der Waals surface area contributed by atoms with Crippen LogP contribution in [0.5, 0.6) is 11.5 Å². The van der Waals surface area contributed by atoms with E-state index in [0.717, 1.165) is 16.7 Å². The highest BCUT2D eigenvalue weighted by Gasteiger charge is 2.26. The zero-order valence-corrected chi connectivity index (χ0v) is 19.9. The van der Waals surface area contributed by atoms with E-state index in [0.29, 0.717) is 60.7 Å². The number of amides is 1. The fraction of sp³-hybridized carbons (Fsp3) is 0.250. The first-order valence-electron chi connectivity index (χ1n) is 11.7. The van der Waals surface area contributed by atoms with Gasteiger partial charge in [0.2, 0.25) is 0 Å². The maximum absolute atomic E-state index is 13.4. The highest BCUT2D eigenvalue weighted by atomic mass is 16.5. The van der Waals surface area contributed by atoms with E-state index in [9.17, 15) is 9.59 Å². The molecule has 1 aliphatic rings. The topological polar surface area (TPSA) is 73.7 Å². The van der Waals surface area contributed by atoms with Gasteiger partial charge in [0.1, 0.15) is 5.82 Å². The molecule has 1 aromatic heterocycles. The molecule has 5 rings (SSSR count). The molecule has 3 aromatic carbocycles. The Morgan fingerprint density at radius 3 is 2.43 bits per heavy atom. The lowest BCUT2D eigenvalue weighted by atomic mass is 10.1. The number of hydrogen-bond donors (Lipinski definition) is 0. The highest BCUT2D eigenvalue weighted by Crippen LogP contribution is 2.28. The lowest BCUT2D eigenvalue weighted by Crippen LogP contribution is -2.31. The Morgan fingerprint density at radius 1 is 0.857 bits per heavy atom. The quantitative estimate of drug-likeness (QED) is 0.392. The third-order valence-corrected chi connectivity index (χ3v) is 6.51. The van der Waals surface area contributed by atoms with Crippen LogP contribution in [0.25, 0.3) is 10.9 Å². The molecule has 7 heteroatoms. The van der Waals surface area contributed by atoms with Crippen LogP contribution < -0.4 is 15.0 Å². The van der Waals surface area contributed by atoms with E-state index in [1.807, 2.05) is 71.6 Å². The minimum Gasteiger partial charge on any atom is -0.493 e. The zero-order valence-electron chi connectivity index (χ0n) is 19.9. The van der Waals surface area contributed by atoms with Gasteiger partial charge in [-0.2, -0.15) is 0 Å². The highest BCUT2D eigenvalue weighted by molar-refractivity contribution is 5.98. The summed E-state index contributed by atoms with van der Waals surface area (Å²) in [6.07, 6.45) is 1.12. The second kappa shape index (κ2) is 9.62. The van der Waals surface area contributed by atoms with Gasteiger partial charge in [0, 0.05) is 31.6 Å². The Hall–Kier alpha value is -4.13. The Labute approximate surface area is 203 Å². The van der Waals surface area contributed by atoms with Crippen LogP contribution in [0.4, 0.5) is 0 Å². The lowest BCUT2D eigenvalue weighted by molar-refractivity contribution is 0.0779. The molecule has 0 fully saturated rings. The summed E-state index contributed by atoms with van der Waals surface area (Å²) in [6, 6.07) is 20.9. The summed E-state index contributed by atoms with van der Waals surface area (Å²) >= 11 is 0. The number of carbonyl (C=O) groups is 1. The van der Waals surface area contributed by atoms with E-state index in [-0.39, 0.29) is 11.5 Å². The van der Waals surface area contributed by atoms with Crippen LogP contribution >= 0.6 is 0 Å². The number of para-hydroxylation sites is 1. The van der Waals surface area contributed by atoms with Crippen molar-refractivity contribution in [3.05, 3.63) is 99.6 Å². The van der Waals surface area contributed by atoms with Crippen LogP contribution in [0.1, 0.15) is 27.3 Å². The first-order chi connectivity index (χ1) is 17.1. The number of nitrogens with zero attached hydrogens (tertiary/aromatic N) is 3. The summed E-state index contributed by atoms with van der Waals surface area (Å²) in [5.74, 6) is 2.03. The number of rotatable bonds is 8. The smallest absolute Gasteiger partial charge is 0.261 e. The number of benzene rings is 3. The second-order valence-corrected chi connectivity index (χ2v) is 8.58. The van der Waals surface area contributed by atoms with Crippen LogP contribution in [0.3, 0.4) is 0 Å². The average molecular weight is 470 g/mol. The minimum absolute atomic E-state index is 0.0283. The molecule has 1 aliphatic heterocycles. The number of hydrogen-bond acceptors (Lipinski definition) is 5. The van der Waals surface area contributed by atoms with Gasteiger partial charge in [0.05, 0.1) is 25.1 Å². The predicted molar refractivity (Wildman–Crippen MR) is 134 cm³/mol. The first-order valence-corrected chi connectivity index (χ1v) is 11.7. The molecule has 0 atom stereocenters. The van der Waals surface area contributed by atoms with Gasteiger partial charge in [-0.25, -0.2) is 4.98 Å². The van der Waals surface area contributed by atoms with Crippen LogP contribution in [0.15, 0.2) is 71.5 Å². The van der Waals surface area contributed by atoms with Gasteiger partial charge in [0.25, 0.3) is 11.5 Å². The van der Waals surface area contributed by atoms with Crippen LogP contribution in [0.2, 0.25) is 0 Å². The van der Waals surface area contributed by atoms with E-state index in [4.69, 9.17) is 14.5 Å². The Balaban J connectivity index is 1.41. The van der Waals surface area contributed by atoms with Gasteiger partial charge in [-0.05, 0) is 47.9 Å². The predicted octanol–water partition coefficient (Wildman–Crippen LogP) is 3.85. The van der Waals surface area contributed by atoms with Crippen molar-refractivity contribution in [2.45, 2.75) is 25.9 Å². The Bertz CT molecular complexity index is 1460. The summed E-state index contributed by atoms with van der Waals surface area (Å²) in [5, 5.41) is 0.591. The van der Waals surface area contributed by atoms with Gasteiger partial charge in [-0.1, -0.05) is 36.4 Å². The van der Waals surface area contributed by atoms with Gasteiger partial charge < -0.3 is 14.4 Å². The number of methoxy groups -OCH3 is 2. The largest absolute Gasteiger partial charge is 0.493 e. The lowest BCUT2D eigenvalue weighted by Gasteiger charge is -2.18. The molecule has 0 saturated carbocycles. The van der Waals surface area contributed by atoms with E-state index >= 15 is 0 Å². The zero-order chi connectivity index (χ0) is 24.4. The molecule has 178 valence electrons. The Morgan fingerprint density at radius 2 is 1.63 bits per heavy atom. The fourth-order valence-corrected chi connectivity index (χ4v) is 4.64. The van der Waals surface area contributed by atoms with Crippen molar-refractivity contribution in [3.63, 3.8) is 0 Å². The molecule has 4 aromatic rings. The maximum Gasteiger partial charge on any atom is 0.261 e. The summed E-state index contributed by atoms with van der Waals surface area (Å²) in [6.45, 7) is 1.54. The standard InChI is InChI=1S/C28H27N3O4/c1-34-24-12-11-19(17-25(24)35-2)13-16-31-26(29-23-10-6-5-9-22(23)28(31)33)14-15-30-18-20-7-3-4-8-21(20)27(30)32/h3-12,17H,13-16,18H2,1-2H3. The third kappa shape index (κ3) is 4.37. The molecule has 2 heterocycles. The molecule has 0 radical (unpaired) electrons. The SMILES string of the molecule is COc1ccc(CCn2c(CCN3Cc4ccccc4C3=O)nc3ccccc3c2=O)cc1OC. The van der Waals surface area contributed by atoms with Crippen LogP contribution in [-0.2, 0) is 25.9 Å². The number of carbonyl (C=O) groups excluding carboxylic acids is 1. The van der Waals surface area contributed by atoms with Gasteiger partial charge in [0.15, 0.2) is 11.5 Å². The van der Waals surface area contributed by atoms with E-state index in [1.54, 1.807) is 18.8 Å². The summed E-state index contributed by atoms with van der Waals surface area (Å²) < 4.78 is 12.5. The molecular weight excluding hydrogens is 442 g/mol. The number of ether oxygens (including phenoxy) is 2. The number of fused-ring (bicyclic) bond motifs is 2. The van der Waals surface area contributed by atoms with Crippen molar-refractivity contribution < 1.29 is 14.3 Å². The molecule has 0 aliphatic carbocycles. The molecule has 35 heavy (non-hydrogen) atoms. The third-order valence-electron chi connectivity index (χ3n) is 6.51. The van der Waals surface area contributed by atoms with Gasteiger partial charge >= 0.3 is 0 Å².